The molecule has 3 heterocycles. The van der Waals surface area contributed by atoms with Gasteiger partial charge in [-0.15, -0.1) is 0 Å². The minimum atomic E-state index is -0.420. The molecule has 2 aromatic heterocycles. The van der Waals surface area contributed by atoms with E-state index in [0.29, 0.717) is 6.54 Å². The van der Waals surface area contributed by atoms with Crippen molar-refractivity contribution in [1.29, 1.82) is 0 Å². The molecule has 3 aromatic rings. The number of nitrogens with zero attached hydrogens (tertiary/aromatic N) is 3. The number of amides is 1. The number of aryl methyl sites for hydroxylation is 1. The lowest BCUT2D eigenvalue weighted by molar-refractivity contribution is -0.130. The summed E-state index contributed by atoms with van der Waals surface area (Å²) in [7, 11) is 0. The zero-order valence-corrected chi connectivity index (χ0v) is 18.3. The number of hydrogen-bond donors (Lipinski definition) is 1. The summed E-state index contributed by atoms with van der Waals surface area (Å²) in [6.45, 7) is 7.07. The Bertz CT molecular complexity index is 1040. The number of carbonyl (C=O) groups is 1. The summed E-state index contributed by atoms with van der Waals surface area (Å²) in [4.78, 5) is 24.3. The standard InChI is InChI=1S/C26H30N4O/c1-3-28-25(31)26(12-15-30(19-26)18-24-9-4-6-20(2)29-24)17-21-7-5-8-23(16-21)22-10-13-27-14-11-22/h4-11,13-14,16H,3,12,15,17-19H2,1-2H3,(H,28,31)/t26-/m0/s1. The van der Waals surface area contributed by atoms with Crippen molar-refractivity contribution in [2.45, 2.75) is 33.2 Å². The molecule has 1 aliphatic rings. The van der Waals surface area contributed by atoms with E-state index in [1.54, 1.807) is 0 Å². The summed E-state index contributed by atoms with van der Waals surface area (Å²) in [5.74, 6) is 0.156. The van der Waals surface area contributed by atoms with Gasteiger partial charge in [0.05, 0.1) is 11.1 Å². The van der Waals surface area contributed by atoms with Crippen LogP contribution in [0.25, 0.3) is 11.1 Å². The highest BCUT2D eigenvalue weighted by Crippen LogP contribution is 2.36. The van der Waals surface area contributed by atoms with E-state index in [1.807, 2.05) is 44.4 Å². The average Bonchev–Trinajstić information content (AvgIpc) is 3.18. The third-order valence-electron chi connectivity index (χ3n) is 6.07. The van der Waals surface area contributed by atoms with Crippen LogP contribution in [0.1, 0.15) is 30.3 Å². The van der Waals surface area contributed by atoms with Crippen molar-refractivity contribution in [2.24, 2.45) is 5.41 Å². The van der Waals surface area contributed by atoms with Gasteiger partial charge < -0.3 is 5.32 Å². The van der Waals surface area contributed by atoms with E-state index in [2.05, 4.69) is 56.6 Å². The number of pyridine rings is 2. The lowest BCUT2D eigenvalue weighted by atomic mass is 9.79. The summed E-state index contributed by atoms with van der Waals surface area (Å²) < 4.78 is 0. The van der Waals surface area contributed by atoms with Crippen LogP contribution in [0.5, 0.6) is 0 Å². The van der Waals surface area contributed by atoms with E-state index < -0.39 is 5.41 Å². The summed E-state index contributed by atoms with van der Waals surface area (Å²) in [6.07, 6.45) is 5.21. The number of carbonyl (C=O) groups excluding carboxylic acids is 1. The van der Waals surface area contributed by atoms with Gasteiger partial charge in [-0.3, -0.25) is 19.7 Å². The first kappa shape index (κ1) is 21.2. The van der Waals surface area contributed by atoms with Gasteiger partial charge in [0.15, 0.2) is 0 Å². The van der Waals surface area contributed by atoms with Gasteiger partial charge in [0, 0.05) is 37.7 Å². The van der Waals surface area contributed by atoms with Gasteiger partial charge in [0.2, 0.25) is 5.91 Å². The van der Waals surface area contributed by atoms with Crippen molar-refractivity contribution in [3.63, 3.8) is 0 Å². The molecule has 1 saturated heterocycles. The highest BCUT2D eigenvalue weighted by atomic mass is 16.2. The van der Waals surface area contributed by atoms with Crippen LogP contribution in [0.15, 0.2) is 67.0 Å². The number of hydrogen-bond acceptors (Lipinski definition) is 4. The molecule has 0 aliphatic carbocycles. The van der Waals surface area contributed by atoms with Gasteiger partial charge in [0.1, 0.15) is 0 Å². The van der Waals surface area contributed by atoms with Gasteiger partial charge in [-0.1, -0.05) is 30.3 Å². The molecule has 1 atom stereocenters. The molecule has 0 bridgehead atoms. The van der Waals surface area contributed by atoms with E-state index in [1.165, 1.54) is 5.56 Å². The minimum Gasteiger partial charge on any atom is -0.356 e. The fraction of sp³-hybridized carbons (Fsp3) is 0.346. The zero-order chi connectivity index (χ0) is 21.7. The molecule has 5 nitrogen and oxygen atoms in total. The molecule has 1 fully saturated rings. The molecule has 1 N–H and O–H groups in total. The van der Waals surface area contributed by atoms with Crippen LogP contribution in [0.4, 0.5) is 0 Å². The maximum absolute atomic E-state index is 13.2. The Morgan fingerprint density at radius 3 is 2.68 bits per heavy atom. The molecule has 0 saturated carbocycles. The predicted octanol–water partition coefficient (Wildman–Crippen LogP) is 4.02. The molecule has 0 unspecified atom stereocenters. The Kier molecular flexibility index (Phi) is 6.42. The van der Waals surface area contributed by atoms with Crippen LogP contribution in [-0.4, -0.2) is 40.4 Å². The summed E-state index contributed by atoms with van der Waals surface area (Å²) in [5.41, 5.74) is 5.16. The number of nitrogens with one attached hydrogen (secondary N) is 1. The van der Waals surface area contributed by atoms with Crippen molar-refractivity contribution in [3.05, 3.63) is 83.9 Å². The maximum Gasteiger partial charge on any atom is 0.227 e. The first-order valence-corrected chi connectivity index (χ1v) is 11.0. The first-order valence-electron chi connectivity index (χ1n) is 11.0. The summed E-state index contributed by atoms with van der Waals surface area (Å²) in [5, 5.41) is 3.10. The van der Waals surface area contributed by atoms with Crippen LogP contribution in [0.2, 0.25) is 0 Å². The van der Waals surface area contributed by atoms with Gasteiger partial charge in [0.25, 0.3) is 0 Å². The fourth-order valence-corrected chi connectivity index (χ4v) is 4.56. The number of benzene rings is 1. The van der Waals surface area contributed by atoms with E-state index in [9.17, 15) is 4.79 Å². The zero-order valence-electron chi connectivity index (χ0n) is 18.3. The van der Waals surface area contributed by atoms with Crippen molar-refractivity contribution in [2.75, 3.05) is 19.6 Å². The molecule has 160 valence electrons. The monoisotopic (exact) mass is 414 g/mol. The number of likely N-dealkylation sites (tertiary alicyclic amines) is 1. The highest BCUT2D eigenvalue weighted by molar-refractivity contribution is 5.83. The second-order valence-electron chi connectivity index (χ2n) is 8.48. The van der Waals surface area contributed by atoms with Gasteiger partial charge >= 0.3 is 0 Å². The van der Waals surface area contributed by atoms with Crippen LogP contribution in [0, 0.1) is 12.3 Å². The molecular weight excluding hydrogens is 384 g/mol. The summed E-state index contributed by atoms with van der Waals surface area (Å²) in [6, 6.07) is 18.7. The normalized spacial score (nSPS) is 18.8. The Labute approximate surface area is 184 Å². The van der Waals surface area contributed by atoms with Crippen LogP contribution in [-0.2, 0) is 17.8 Å². The van der Waals surface area contributed by atoms with Crippen molar-refractivity contribution < 1.29 is 4.79 Å². The Balaban J connectivity index is 1.55. The van der Waals surface area contributed by atoms with Gasteiger partial charge in [-0.05, 0) is 74.2 Å². The second kappa shape index (κ2) is 9.40. The fourth-order valence-electron chi connectivity index (χ4n) is 4.56. The van der Waals surface area contributed by atoms with Crippen LogP contribution in [0.3, 0.4) is 0 Å². The molecule has 5 heteroatoms. The minimum absolute atomic E-state index is 0.156. The largest absolute Gasteiger partial charge is 0.356 e. The topological polar surface area (TPSA) is 58.1 Å². The summed E-state index contributed by atoms with van der Waals surface area (Å²) >= 11 is 0. The average molecular weight is 415 g/mol. The molecule has 1 amide bonds. The molecule has 31 heavy (non-hydrogen) atoms. The van der Waals surface area contributed by atoms with Gasteiger partial charge in [-0.2, -0.15) is 0 Å². The predicted molar refractivity (Wildman–Crippen MR) is 123 cm³/mol. The van der Waals surface area contributed by atoms with Crippen LogP contribution >= 0.6 is 0 Å². The molecule has 0 spiro atoms. The molecule has 0 radical (unpaired) electrons. The molecular formula is C26H30N4O. The van der Waals surface area contributed by atoms with Crippen molar-refractivity contribution >= 4 is 5.91 Å². The second-order valence-corrected chi connectivity index (χ2v) is 8.48. The first-order chi connectivity index (χ1) is 15.1. The third kappa shape index (κ3) is 5.00. The van der Waals surface area contributed by atoms with Crippen LogP contribution < -0.4 is 5.32 Å². The molecule has 1 aliphatic heterocycles. The SMILES string of the molecule is CCNC(=O)[C@]1(Cc2cccc(-c3ccncc3)c2)CCN(Cc2cccc(C)n2)C1. The lowest BCUT2D eigenvalue weighted by Gasteiger charge is -2.28. The Morgan fingerprint density at radius 1 is 1.10 bits per heavy atom. The molecule has 1 aromatic carbocycles. The van der Waals surface area contributed by atoms with E-state index >= 15 is 0 Å². The quantitative estimate of drug-likeness (QED) is 0.634. The van der Waals surface area contributed by atoms with E-state index in [0.717, 1.165) is 55.0 Å². The highest BCUT2D eigenvalue weighted by Gasteiger charge is 2.44. The Hall–Kier alpha value is -3.05. The third-order valence-corrected chi connectivity index (χ3v) is 6.07. The van der Waals surface area contributed by atoms with Gasteiger partial charge in [-0.25, -0.2) is 0 Å². The lowest BCUT2D eigenvalue weighted by Crippen LogP contribution is -2.44. The maximum atomic E-state index is 13.2. The molecule has 4 rings (SSSR count). The van der Waals surface area contributed by atoms with E-state index in [-0.39, 0.29) is 5.91 Å². The Morgan fingerprint density at radius 2 is 1.90 bits per heavy atom. The number of aromatic nitrogens is 2. The van der Waals surface area contributed by atoms with Crippen molar-refractivity contribution in [1.82, 2.24) is 20.2 Å². The smallest absolute Gasteiger partial charge is 0.227 e. The number of rotatable bonds is 7. The van der Waals surface area contributed by atoms with Crippen molar-refractivity contribution in [3.8, 4) is 11.1 Å². The van der Waals surface area contributed by atoms with E-state index in [4.69, 9.17) is 0 Å².